The van der Waals surface area contributed by atoms with Crippen molar-refractivity contribution in [3.05, 3.63) is 66.0 Å². The number of amides is 1. The Morgan fingerprint density at radius 2 is 1.88 bits per heavy atom. The van der Waals surface area contributed by atoms with Gasteiger partial charge in [0.1, 0.15) is 5.82 Å². The number of carbonyl (C=O) groups is 1. The third-order valence-corrected chi connectivity index (χ3v) is 3.89. The molecular weight excluding hydrogens is 314 g/mol. The van der Waals surface area contributed by atoms with Crippen LogP contribution >= 0.6 is 0 Å². The Balaban J connectivity index is 1.68. The van der Waals surface area contributed by atoms with Crippen molar-refractivity contribution in [2.24, 2.45) is 0 Å². The van der Waals surface area contributed by atoms with Crippen LogP contribution in [0.5, 0.6) is 0 Å². The van der Waals surface area contributed by atoms with E-state index in [0.717, 1.165) is 22.8 Å². The standard InChI is InChI=1S/C19H21N5O/c1-13(2)24-9-8-20-18(24)15-4-6-16(7-5-15)19(25)23-12-17-11-21-14(3)10-22-17/h4-11,13H,12H2,1-3H3,(H,23,25). The van der Waals surface area contributed by atoms with Crippen molar-refractivity contribution < 1.29 is 4.79 Å². The van der Waals surface area contributed by atoms with Crippen LogP contribution in [-0.4, -0.2) is 25.4 Å². The zero-order chi connectivity index (χ0) is 17.8. The van der Waals surface area contributed by atoms with Gasteiger partial charge in [-0.15, -0.1) is 0 Å². The maximum atomic E-state index is 12.3. The second kappa shape index (κ2) is 7.25. The Bertz CT molecular complexity index is 850. The highest BCUT2D eigenvalue weighted by molar-refractivity contribution is 5.94. The fourth-order valence-corrected chi connectivity index (χ4v) is 2.51. The summed E-state index contributed by atoms with van der Waals surface area (Å²) in [4.78, 5) is 25.1. The Hall–Kier alpha value is -3.02. The van der Waals surface area contributed by atoms with Crippen LogP contribution in [0.3, 0.4) is 0 Å². The molecule has 2 aromatic heterocycles. The van der Waals surface area contributed by atoms with Crippen LogP contribution in [0.4, 0.5) is 0 Å². The molecule has 0 spiro atoms. The molecular formula is C19H21N5O. The van der Waals surface area contributed by atoms with E-state index in [0.29, 0.717) is 18.2 Å². The molecule has 0 aliphatic carbocycles. The molecule has 3 aromatic rings. The lowest BCUT2D eigenvalue weighted by atomic mass is 10.1. The fourth-order valence-electron chi connectivity index (χ4n) is 2.51. The molecule has 0 bridgehead atoms. The van der Waals surface area contributed by atoms with Gasteiger partial charge in [-0.05, 0) is 32.9 Å². The number of imidazole rings is 1. The van der Waals surface area contributed by atoms with E-state index >= 15 is 0 Å². The molecule has 128 valence electrons. The van der Waals surface area contributed by atoms with Crippen molar-refractivity contribution in [1.82, 2.24) is 24.8 Å². The van der Waals surface area contributed by atoms with E-state index in [1.165, 1.54) is 0 Å². The van der Waals surface area contributed by atoms with E-state index in [1.54, 1.807) is 18.6 Å². The van der Waals surface area contributed by atoms with Gasteiger partial charge in [0.05, 0.1) is 24.1 Å². The van der Waals surface area contributed by atoms with Crippen molar-refractivity contribution in [3.8, 4) is 11.4 Å². The number of aromatic nitrogens is 4. The highest BCUT2D eigenvalue weighted by atomic mass is 16.1. The first-order valence-corrected chi connectivity index (χ1v) is 8.23. The summed E-state index contributed by atoms with van der Waals surface area (Å²) in [5.41, 5.74) is 3.17. The molecule has 0 radical (unpaired) electrons. The van der Waals surface area contributed by atoms with Gasteiger partial charge < -0.3 is 9.88 Å². The van der Waals surface area contributed by atoms with Gasteiger partial charge in [0.15, 0.2) is 0 Å². The minimum atomic E-state index is -0.138. The predicted molar refractivity (Wildman–Crippen MR) is 96.0 cm³/mol. The van der Waals surface area contributed by atoms with Crippen LogP contribution in [0.15, 0.2) is 49.1 Å². The van der Waals surface area contributed by atoms with Gasteiger partial charge in [-0.25, -0.2) is 4.98 Å². The average Bonchev–Trinajstić information content (AvgIpc) is 3.11. The first-order chi connectivity index (χ1) is 12.0. The van der Waals surface area contributed by atoms with Gasteiger partial charge >= 0.3 is 0 Å². The number of hydrogen-bond acceptors (Lipinski definition) is 4. The van der Waals surface area contributed by atoms with Crippen molar-refractivity contribution in [2.75, 3.05) is 0 Å². The number of hydrogen-bond donors (Lipinski definition) is 1. The first-order valence-electron chi connectivity index (χ1n) is 8.23. The lowest BCUT2D eigenvalue weighted by Gasteiger charge is -2.11. The van der Waals surface area contributed by atoms with Crippen molar-refractivity contribution >= 4 is 5.91 Å². The molecule has 1 aromatic carbocycles. The third kappa shape index (κ3) is 3.91. The van der Waals surface area contributed by atoms with Crippen LogP contribution < -0.4 is 5.32 Å². The number of benzene rings is 1. The van der Waals surface area contributed by atoms with Crippen LogP contribution in [-0.2, 0) is 6.54 Å². The summed E-state index contributed by atoms with van der Waals surface area (Å²) in [6.45, 7) is 6.45. The molecule has 0 fully saturated rings. The molecule has 0 saturated heterocycles. The summed E-state index contributed by atoms with van der Waals surface area (Å²) >= 11 is 0. The second-order valence-corrected chi connectivity index (χ2v) is 6.16. The van der Waals surface area contributed by atoms with Gasteiger partial charge in [-0.1, -0.05) is 12.1 Å². The molecule has 0 saturated carbocycles. The topological polar surface area (TPSA) is 72.7 Å². The van der Waals surface area contributed by atoms with Crippen LogP contribution in [0.2, 0.25) is 0 Å². The largest absolute Gasteiger partial charge is 0.346 e. The molecule has 25 heavy (non-hydrogen) atoms. The fraction of sp³-hybridized carbons (Fsp3) is 0.263. The Morgan fingerprint density at radius 1 is 1.12 bits per heavy atom. The maximum absolute atomic E-state index is 12.3. The van der Waals surface area contributed by atoms with Gasteiger partial charge in [0.25, 0.3) is 5.91 Å². The lowest BCUT2D eigenvalue weighted by molar-refractivity contribution is 0.0950. The van der Waals surface area contributed by atoms with Gasteiger partial charge in [-0.3, -0.25) is 14.8 Å². The second-order valence-electron chi connectivity index (χ2n) is 6.16. The van der Waals surface area contributed by atoms with E-state index in [-0.39, 0.29) is 5.91 Å². The minimum absolute atomic E-state index is 0.138. The molecule has 3 rings (SSSR count). The number of aryl methyl sites for hydroxylation is 1. The van der Waals surface area contributed by atoms with E-state index in [1.807, 2.05) is 37.4 Å². The van der Waals surface area contributed by atoms with E-state index < -0.39 is 0 Å². The number of rotatable bonds is 5. The normalized spacial score (nSPS) is 10.9. The highest BCUT2D eigenvalue weighted by Gasteiger charge is 2.10. The highest BCUT2D eigenvalue weighted by Crippen LogP contribution is 2.21. The molecule has 6 heteroatoms. The molecule has 1 amide bonds. The molecule has 1 N–H and O–H groups in total. The minimum Gasteiger partial charge on any atom is -0.346 e. The van der Waals surface area contributed by atoms with E-state index in [4.69, 9.17) is 0 Å². The van der Waals surface area contributed by atoms with Crippen molar-refractivity contribution in [1.29, 1.82) is 0 Å². The van der Waals surface area contributed by atoms with Crippen LogP contribution in [0, 0.1) is 6.92 Å². The van der Waals surface area contributed by atoms with Gasteiger partial charge in [0.2, 0.25) is 0 Å². The number of nitrogens with one attached hydrogen (secondary N) is 1. The zero-order valence-corrected chi connectivity index (χ0v) is 14.6. The first kappa shape index (κ1) is 16.8. The lowest BCUT2D eigenvalue weighted by Crippen LogP contribution is -2.23. The predicted octanol–water partition coefficient (Wildman–Crippen LogP) is 3.16. The van der Waals surface area contributed by atoms with Crippen molar-refractivity contribution in [3.63, 3.8) is 0 Å². The van der Waals surface area contributed by atoms with E-state index in [9.17, 15) is 4.79 Å². The van der Waals surface area contributed by atoms with Crippen LogP contribution in [0.25, 0.3) is 11.4 Å². The summed E-state index contributed by atoms with van der Waals surface area (Å²) in [6.07, 6.45) is 7.11. The molecule has 0 unspecified atom stereocenters. The summed E-state index contributed by atoms with van der Waals surface area (Å²) in [7, 11) is 0. The molecule has 0 aliphatic rings. The van der Waals surface area contributed by atoms with Crippen molar-refractivity contribution in [2.45, 2.75) is 33.4 Å². The van der Waals surface area contributed by atoms with E-state index in [2.05, 4.69) is 38.7 Å². The summed E-state index contributed by atoms with van der Waals surface area (Å²) < 4.78 is 2.10. The number of carbonyl (C=O) groups excluding carboxylic acids is 1. The third-order valence-electron chi connectivity index (χ3n) is 3.89. The Labute approximate surface area is 147 Å². The zero-order valence-electron chi connectivity index (χ0n) is 14.6. The number of nitrogens with zero attached hydrogens (tertiary/aromatic N) is 4. The SMILES string of the molecule is Cc1cnc(CNC(=O)c2ccc(-c3nccn3C(C)C)cc2)cn1. The summed E-state index contributed by atoms with van der Waals surface area (Å²) in [5, 5.41) is 2.86. The summed E-state index contributed by atoms with van der Waals surface area (Å²) in [5.74, 6) is 0.762. The maximum Gasteiger partial charge on any atom is 0.251 e. The molecule has 2 heterocycles. The Morgan fingerprint density at radius 3 is 2.52 bits per heavy atom. The summed E-state index contributed by atoms with van der Waals surface area (Å²) in [6, 6.07) is 7.79. The average molecular weight is 335 g/mol. The Kier molecular flexibility index (Phi) is 4.88. The molecule has 6 nitrogen and oxygen atoms in total. The monoisotopic (exact) mass is 335 g/mol. The molecule has 0 atom stereocenters. The molecule has 0 aliphatic heterocycles. The quantitative estimate of drug-likeness (QED) is 0.777. The van der Waals surface area contributed by atoms with Crippen LogP contribution in [0.1, 0.15) is 41.6 Å². The van der Waals surface area contributed by atoms with Gasteiger partial charge in [0, 0.05) is 35.8 Å². The van der Waals surface area contributed by atoms with Gasteiger partial charge in [-0.2, -0.15) is 0 Å². The smallest absolute Gasteiger partial charge is 0.251 e.